The van der Waals surface area contributed by atoms with Crippen LogP contribution in [-0.4, -0.2) is 27.1 Å². The van der Waals surface area contributed by atoms with Gasteiger partial charge in [0.15, 0.2) is 10.6 Å². The number of esters is 1. The molecule has 0 saturated carbocycles. The summed E-state index contributed by atoms with van der Waals surface area (Å²) in [6, 6.07) is 3.47. The molecule has 1 N–H and O–H groups in total. The van der Waals surface area contributed by atoms with E-state index in [1.807, 2.05) is 0 Å². The quantitative estimate of drug-likeness (QED) is 0.738. The standard InChI is InChI=1S/C12H9ClN2O3S/c1-2-18-12(17)10-9(16)8-11(19-10)15-5-6(13)3-4-7(15)14-8/h3-5,16H,2H2,1H3. The lowest BCUT2D eigenvalue weighted by molar-refractivity contribution is 0.0529. The van der Waals surface area contributed by atoms with Gasteiger partial charge in [-0.3, -0.25) is 4.40 Å². The van der Waals surface area contributed by atoms with Crippen LogP contribution in [0.4, 0.5) is 0 Å². The number of aromatic hydroxyl groups is 1. The molecule has 5 nitrogen and oxygen atoms in total. The first-order valence-corrected chi connectivity index (χ1v) is 6.77. The molecule has 0 aromatic carbocycles. The Morgan fingerprint density at radius 3 is 3.11 bits per heavy atom. The summed E-state index contributed by atoms with van der Waals surface area (Å²) in [5.74, 6) is -0.683. The van der Waals surface area contributed by atoms with E-state index in [1.54, 1.807) is 29.7 Å². The molecule has 0 fully saturated rings. The minimum Gasteiger partial charge on any atom is -0.504 e. The Labute approximate surface area is 117 Å². The second-order valence-corrected chi connectivity index (χ2v) is 5.28. The maximum atomic E-state index is 11.7. The van der Waals surface area contributed by atoms with Crippen molar-refractivity contribution in [3.05, 3.63) is 28.2 Å². The monoisotopic (exact) mass is 296 g/mol. The zero-order valence-corrected chi connectivity index (χ0v) is 11.5. The summed E-state index contributed by atoms with van der Waals surface area (Å²) in [5.41, 5.74) is 1.05. The Balaban J connectivity index is 2.26. The van der Waals surface area contributed by atoms with Crippen LogP contribution in [0.5, 0.6) is 5.75 Å². The van der Waals surface area contributed by atoms with Crippen LogP contribution in [0.1, 0.15) is 16.6 Å². The van der Waals surface area contributed by atoms with Crippen LogP contribution < -0.4 is 0 Å². The number of rotatable bonds is 2. The number of halogens is 1. The maximum Gasteiger partial charge on any atom is 0.352 e. The fourth-order valence-electron chi connectivity index (χ4n) is 1.84. The predicted octanol–water partition coefficient (Wildman–Crippen LogP) is 3.08. The number of hydrogen-bond donors (Lipinski definition) is 1. The number of imidazole rings is 1. The zero-order chi connectivity index (χ0) is 13.6. The predicted molar refractivity (Wildman–Crippen MR) is 73.2 cm³/mol. The summed E-state index contributed by atoms with van der Waals surface area (Å²) >= 11 is 7.07. The fraction of sp³-hybridized carbons (Fsp3) is 0.167. The van der Waals surface area contributed by atoms with E-state index in [-0.39, 0.29) is 17.2 Å². The van der Waals surface area contributed by atoms with Crippen molar-refractivity contribution in [1.82, 2.24) is 9.38 Å². The molecule has 3 aromatic heterocycles. The van der Waals surface area contributed by atoms with Crippen LogP contribution >= 0.6 is 22.9 Å². The van der Waals surface area contributed by atoms with Crippen molar-refractivity contribution in [1.29, 1.82) is 0 Å². The first-order valence-electron chi connectivity index (χ1n) is 5.58. The largest absolute Gasteiger partial charge is 0.504 e. The van der Waals surface area contributed by atoms with Gasteiger partial charge in [0.25, 0.3) is 0 Å². The molecule has 0 spiro atoms. The van der Waals surface area contributed by atoms with Crippen LogP contribution in [-0.2, 0) is 4.74 Å². The van der Waals surface area contributed by atoms with E-state index in [4.69, 9.17) is 16.3 Å². The Hall–Kier alpha value is -1.79. The summed E-state index contributed by atoms with van der Waals surface area (Å²) in [6.07, 6.45) is 1.69. The van der Waals surface area contributed by atoms with Crippen molar-refractivity contribution >= 4 is 44.9 Å². The molecule has 0 aliphatic heterocycles. The number of thiophene rings is 1. The van der Waals surface area contributed by atoms with Gasteiger partial charge < -0.3 is 9.84 Å². The highest BCUT2D eigenvalue weighted by Crippen LogP contribution is 2.37. The third-order valence-corrected chi connectivity index (χ3v) is 4.01. The van der Waals surface area contributed by atoms with E-state index in [1.165, 1.54) is 0 Å². The highest BCUT2D eigenvalue weighted by Gasteiger charge is 2.22. The van der Waals surface area contributed by atoms with Crippen LogP contribution in [0.25, 0.3) is 16.0 Å². The van der Waals surface area contributed by atoms with Crippen LogP contribution in [0.2, 0.25) is 5.02 Å². The Morgan fingerprint density at radius 1 is 1.58 bits per heavy atom. The van der Waals surface area contributed by atoms with E-state index in [9.17, 15) is 9.90 Å². The molecule has 3 rings (SSSR count). The van der Waals surface area contributed by atoms with Gasteiger partial charge in [0.1, 0.15) is 16.0 Å². The average molecular weight is 297 g/mol. The number of pyridine rings is 1. The third-order valence-electron chi connectivity index (χ3n) is 2.64. The first kappa shape index (κ1) is 12.3. The number of carbonyl (C=O) groups excluding carboxylic acids is 1. The molecular formula is C12H9ClN2O3S. The number of aromatic nitrogens is 2. The molecule has 0 aliphatic rings. The normalized spacial score (nSPS) is 11.3. The molecule has 0 saturated heterocycles. The summed E-state index contributed by atoms with van der Waals surface area (Å²) in [7, 11) is 0. The topological polar surface area (TPSA) is 63.8 Å². The second kappa shape index (κ2) is 4.40. The highest BCUT2D eigenvalue weighted by molar-refractivity contribution is 7.20. The average Bonchev–Trinajstić information content (AvgIpc) is 2.88. The number of hydrogen-bond acceptors (Lipinski definition) is 5. The Morgan fingerprint density at radius 2 is 2.37 bits per heavy atom. The second-order valence-electron chi connectivity index (χ2n) is 3.84. The van der Waals surface area contributed by atoms with Crippen LogP contribution in [0.15, 0.2) is 18.3 Å². The van der Waals surface area contributed by atoms with Gasteiger partial charge in [-0.05, 0) is 19.1 Å². The Bertz CT molecular complexity index is 793. The molecule has 0 bridgehead atoms. The zero-order valence-electron chi connectivity index (χ0n) is 9.88. The van der Waals surface area contributed by atoms with E-state index >= 15 is 0 Å². The number of nitrogens with zero attached hydrogens (tertiary/aromatic N) is 2. The summed E-state index contributed by atoms with van der Waals surface area (Å²) in [4.78, 5) is 16.8. The van der Waals surface area contributed by atoms with E-state index < -0.39 is 5.97 Å². The van der Waals surface area contributed by atoms with Gasteiger partial charge >= 0.3 is 5.97 Å². The molecule has 0 aliphatic carbocycles. The van der Waals surface area contributed by atoms with Crippen molar-refractivity contribution in [2.75, 3.05) is 6.61 Å². The molecule has 0 unspecified atom stereocenters. The van der Waals surface area contributed by atoms with E-state index in [2.05, 4.69) is 4.98 Å². The van der Waals surface area contributed by atoms with Gasteiger partial charge in [-0.2, -0.15) is 0 Å². The lowest BCUT2D eigenvalue weighted by Crippen LogP contribution is -2.02. The van der Waals surface area contributed by atoms with Gasteiger partial charge in [0.2, 0.25) is 0 Å². The number of fused-ring (bicyclic) bond motifs is 3. The number of ether oxygens (including phenoxy) is 1. The SMILES string of the molecule is CCOC(=O)c1sc2c(nc3ccc(Cl)cn32)c1O. The number of carbonyl (C=O) groups is 1. The molecule has 98 valence electrons. The van der Waals surface area contributed by atoms with E-state index in [0.29, 0.717) is 21.0 Å². The lowest BCUT2D eigenvalue weighted by atomic mass is 10.4. The molecule has 0 radical (unpaired) electrons. The minimum absolute atomic E-state index is 0.140. The van der Waals surface area contributed by atoms with E-state index in [0.717, 1.165) is 11.3 Å². The molecule has 3 aromatic rings. The molecule has 19 heavy (non-hydrogen) atoms. The molecule has 7 heteroatoms. The van der Waals surface area contributed by atoms with Gasteiger partial charge in [0.05, 0.1) is 11.6 Å². The Kier molecular flexibility index (Phi) is 2.83. The maximum absolute atomic E-state index is 11.7. The van der Waals surface area contributed by atoms with Gasteiger partial charge in [-0.15, -0.1) is 11.3 Å². The lowest BCUT2D eigenvalue weighted by Gasteiger charge is -1.98. The highest BCUT2D eigenvalue weighted by atomic mass is 35.5. The van der Waals surface area contributed by atoms with Crippen molar-refractivity contribution in [2.24, 2.45) is 0 Å². The van der Waals surface area contributed by atoms with Crippen molar-refractivity contribution < 1.29 is 14.6 Å². The van der Waals surface area contributed by atoms with Crippen molar-refractivity contribution in [2.45, 2.75) is 6.92 Å². The van der Waals surface area contributed by atoms with Crippen molar-refractivity contribution in [3.8, 4) is 5.75 Å². The fourth-order valence-corrected chi connectivity index (χ4v) is 3.01. The van der Waals surface area contributed by atoms with Gasteiger partial charge in [-0.25, -0.2) is 9.78 Å². The summed E-state index contributed by atoms with van der Waals surface area (Å²) in [5, 5.41) is 10.6. The molecular weight excluding hydrogens is 288 g/mol. The van der Waals surface area contributed by atoms with Crippen LogP contribution in [0, 0.1) is 0 Å². The van der Waals surface area contributed by atoms with Gasteiger partial charge in [-0.1, -0.05) is 11.6 Å². The summed E-state index contributed by atoms with van der Waals surface area (Å²) in [6.45, 7) is 1.97. The third kappa shape index (κ3) is 1.84. The molecule has 3 heterocycles. The first-order chi connectivity index (χ1) is 9.11. The minimum atomic E-state index is -0.543. The summed E-state index contributed by atoms with van der Waals surface area (Å²) < 4.78 is 6.63. The van der Waals surface area contributed by atoms with Gasteiger partial charge in [0, 0.05) is 6.20 Å². The molecule has 0 amide bonds. The van der Waals surface area contributed by atoms with Crippen LogP contribution in [0.3, 0.4) is 0 Å². The van der Waals surface area contributed by atoms with Crippen molar-refractivity contribution in [3.63, 3.8) is 0 Å². The molecule has 0 atom stereocenters. The smallest absolute Gasteiger partial charge is 0.352 e.